The maximum atomic E-state index is 6.65. The summed E-state index contributed by atoms with van der Waals surface area (Å²) in [6.45, 7) is 7.78. The van der Waals surface area contributed by atoms with Crippen molar-refractivity contribution in [1.29, 1.82) is 0 Å². The first kappa shape index (κ1) is 23.5. The SMILES string of the molecule is CCOCOc1cccc(C2(OC)OOC23C2CC4CC3CC(OCCN(C)CC)(C4)C2)c1. The number of ether oxygens (including phenoxy) is 4. The largest absolute Gasteiger partial charge is 0.468 e. The van der Waals surface area contributed by atoms with Crippen LogP contribution in [0.2, 0.25) is 0 Å². The maximum absolute atomic E-state index is 6.65. The van der Waals surface area contributed by atoms with Gasteiger partial charge in [0.1, 0.15) is 5.75 Å². The topological polar surface area (TPSA) is 58.6 Å². The Morgan fingerprint density at radius 3 is 2.52 bits per heavy atom. The minimum Gasteiger partial charge on any atom is -0.468 e. The van der Waals surface area contributed by atoms with E-state index in [2.05, 4.69) is 24.9 Å². The molecule has 0 amide bonds. The molecule has 0 N–H and O–H groups in total. The predicted molar refractivity (Wildman–Crippen MR) is 123 cm³/mol. The van der Waals surface area contributed by atoms with Crippen LogP contribution in [0.3, 0.4) is 0 Å². The van der Waals surface area contributed by atoms with Crippen LogP contribution in [-0.2, 0) is 29.8 Å². The highest BCUT2D eigenvalue weighted by Gasteiger charge is 2.78. The number of rotatable bonds is 11. The number of hydrogen-bond acceptors (Lipinski definition) is 7. The highest BCUT2D eigenvalue weighted by Crippen LogP contribution is 2.70. The third-order valence-electron chi connectivity index (χ3n) is 8.59. The first-order valence-corrected chi connectivity index (χ1v) is 12.6. The summed E-state index contributed by atoms with van der Waals surface area (Å²) in [5.74, 6) is 1.19. The van der Waals surface area contributed by atoms with E-state index >= 15 is 0 Å². The number of likely N-dealkylation sites (N-methyl/N-ethyl adjacent to an activating group) is 1. The molecule has 4 aliphatic carbocycles. The molecule has 7 nitrogen and oxygen atoms in total. The van der Waals surface area contributed by atoms with Gasteiger partial charge in [0.05, 0.1) is 12.2 Å². The smallest absolute Gasteiger partial charge is 0.260 e. The molecule has 1 aliphatic heterocycles. The van der Waals surface area contributed by atoms with Crippen molar-refractivity contribution in [3.63, 3.8) is 0 Å². The minimum absolute atomic E-state index is 0.0305. The summed E-state index contributed by atoms with van der Waals surface area (Å²) in [7, 11) is 3.88. The summed E-state index contributed by atoms with van der Waals surface area (Å²) < 4.78 is 24.0. The number of benzene rings is 1. The van der Waals surface area contributed by atoms with E-state index in [1.807, 2.05) is 25.1 Å². The van der Waals surface area contributed by atoms with Crippen LogP contribution in [0.4, 0.5) is 0 Å². The zero-order valence-corrected chi connectivity index (χ0v) is 20.5. The van der Waals surface area contributed by atoms with Crippen molar-refractivity contribution in [3.05, 3.63) is 29.8 Å². The van der Waals surface area contributed by atoms with E-state index < -0.39 is 11.4 Å². The molecule has 33 heavy (non-hydrogen) atoms. The van der Waals surface area contributed by atoms with Gasteiger partial charge in [-0.15, -0.1) is 0 Å². The van der Waals surface area contributed by atoms with Gasteiger partial charge in [-0.1, -0.05) is 19.1 Å². The van der Waals surface area contributed by atoms with Gasteiger partial charge in [-0.25, -0.2) is 4.89 Å². The summed E-state index contributed by atoms with van der Waals surface area (Å²) in [6, 6.07) is 7.98. The van der Waals surface area contributed by atoms with Crippen molar-refractivity contribution >= 4 is 0 Å². The number of hydrogen-bond donors (Lipinski definition) is 0. The molecule has 3 atom stereocenters. The summed E-state index contributed by atoms with van der Waals surface area (Å²) in [5.41, 5.74) is 0.430. The van der Waals surface area contributed by atoms with Crippen LogP contribution < -0.4 is 4.74 Å². The Hall–Kier alpha value is -1.22. The Balaban J connectivity index is 1.38. The Bertz CT molecular complexity index is 813. The van der Waals surface area contributed by atoms with Crippen LogP contribution in [0.1, 0.15) is 51.5 Å². The molecule has 4 bridgehead atoms. The van der Waals surface area contributed by atoms with Gasteiger partial charge >= 0.3 is 0 Å². The maximum Gasteiger partial charge on any atom is 0.260 e. The Morgan fingerprint density at radius 2 is 1.88 bits per heavy atom. The van der Waals surface area contributed by atoms with Crippen LogP contribution in [0, 0.1) is 17.8 Å². The first-order chi connectivity index (χ1) is 16.0. The molecule has 1 spiro atoms. The highest BCUT2D eigenvalue weighted by atomic mass is 17.3. The molecule has 1 heterocycles. The molecule has 7 heteroatoms. The predicted octanol–water partition coefficient (Wildman–Crippen LogP) is 4.11. The van der Waals surface area contributed by atoms with Crippen LogP contribution in [-0.4, -0.2) is 63.4 Å². The molecule has 6 rings (SSSR count). The number of nitrogens with zero attached hydrogens (tertiary/aromatic N) is 1. The molecular formula is C26H39NO6. The van der Waals surface area contributed by atoms with Gasteiger partial charge in [-0.05, 0) is 70.7 Å². The fourth-order valence-electron chi connectivity index (χ4n) is 7.10. The molecule has 1 saturated heterocycles. The fourth-order valence-corrected chi connectivity index (χ4v) is 7.10. The lowest BCUT2D eigenvalue weighted by Crippen LogP contribution is -2.78. The minimum atomic E-state index is -0.926. The van der Waals surface area contributed by atoms with E-state index in [1.165, 1.54) is 6.42 Å². The Kier molecular flexibility index (Phi) is 6.48. The van der Waals surface area contributed by atoms with E-state index in [0.717, 1.165) is 56.7 Å². The lowest BCUT2D eigenvalue weighted by molar-refractivity contribution is -0.647. The average molecular weight is 462 g/mol. The van der Waals surface area contributed by atoms with Crippen molar-refractivity contribution in [2.75, 3.05) is 47.3 Å². The van der Waals surface area contributed by atoms with Gasteiger partial charge in [0.15, 0.2) is 12.4 Å². The van der Waals surface area contributed by atoms with Crippen molar-refractivity contribution in [1.82, 2.24) is 4.90 Å². The van der Waals surface area contributed by atoms with E-state index in [0.29, 0.717) is 24.4 Å². The molecule has 0 radical (unpaired) electrons. The van der Waals surface area contributed by atoms with Gasteiger partial charge < -0.3 is 23.8 Å². The Morgan fingerprint density at radius 1 is 1.09 bits per heavy atom. The quantitative estimate of drug-likeness (QED) is 0.279. The van der Waals surface area contributed by atoms with Crippen LogP contribution >= 0.6 is 0 Å². The van der Waals surface area contributed by atoms with E-state index in [4.69, 9.17) is 28.7 Å². The third-order valence-corrected chi connectivity index (χ3v) is 8.59. The van der Waals surface area contributed by atoms with E-state index in [9.17, 15) is 0 Å². The summed E-state index contributed by atoms with van der Waals surface area (Å²) in [4.78, 5) is 14.4. The molecule has 0 aromatic heterocycles. The second kappa shape index (κ2) is 9.10. The van der Waals surface area contributed by atoms with Crippen LogP contribution in [0.5, 0.6) is 5.75 Å². The molecule has 4 saturated carbocycles. The molecule has 1 aromatic carbocycles. The summed E-state index contributed by atoms with van der Waals surface area (Å²) in [6.07, 6.45) is 5.47. The lowest BCUT2D eigenvalue weighted by atomic mass is 9.45. The molecular weight excluding hydrogens is 422 g/mol. The second-order valence-electron chi connectivity index (χ2n) is 10.3. The van der Waals surface area contributed by atoms with Crippen LogP contribution in [0.15, 0.2) is 24.3 Å². The fraction of sp³-hybridized carbons (Fsp3) is 0.769. The Labute approximate surface area is 197 Å². The zero-order chi connectivity index (χ0) is 23.1. The number of methoxy groups -OCH3 is 1. The highest BCUT2D eigenvalue weighted by molar-refractivity contribution is 5.36. The van der Waals surface area contributed by atoms with Crippen LogP contribution in [0.25, 0.3) is 0 Å². The van der Waals surface area contributed by atoms with Crippen molar-refractivity contribution < 1.29 is 28.7 Å². The first-order valence-electron chi connectivity index (χ1n) is 12.6. The van der Waals surface area contributed by atoms with Gasteiger partial charge in [0, 0.05) is 37.7 Å². The zero-order valence-electron chi connectivity index (χ0n) is 20.5. The lowest BCUT2D eigenvalue weighted by Gasteiger charge is -2.70. The van der Waals surface area contributed by atoms with Gasteiger partial charge in [-0.3, -0.25) is 0 Å². The van der Waals surface area contributed by atoms with Crippen molar-refractivity contribution in [3.8, 4) is 5.75 Å². The third kappa shape index (κ3) is 3.72. The monoisotopic (exact) mass is 461 g/mol. The summed E-state index contributed by atoms with van der Waals surface area (Å²) in [5, 5.41) is 0. The normalized spacial score (nSPS) is 38.8. The molecule has 1 aromatic rings. The molecule has 5 fully saturated rings. The van der Waals surface area contributed by atoms with Crippen molar-refractivity contribution in [2.45, 2.75) is 62.9 Å². The molecule has 3 unspecified atom stereocenters. The second-order valence-corrected chi connectivity index (χ2v) is 10.3. The van der Waals surface area contributed by atoms with Gasteiger partial charge in [-0.2, -0.15) is 4.89 Å². The standard InChI is InChI=1S/C26H39NO6/c1-5-27(3)10-11-31-24-15-19-12-21(16-24)25(22(13-19)17-24)26(28-4,33-32-25)20-8-7-9-23(14-20)30-18-29-6-2/h7-9,14,19,21-22H,5-6,10-13,15-18H2,1-4H3. The van der Waals surface area contributed by atoms with E-state index in [1.54, 1.807) is 7.11 Å². The summed E-state index contributed by atoms with van der Waals surface area (Å²) >= 11 is 0. The van der Waals surface area contributed by atoms with Gasteiger partial charge in [0.25, 0.3) is 5.79 Å². The van der Waals surface area contributed by atoms with Gasteiger partial charge in [0.2, 0.25) is 0 Å². The van der Waals surface area contributed by atoms with Crippen molar-refractivity contribution in [2.24, 2.45) is 17.8 Å². The molecule has 5 aliphatic rings. The average Bonchev–Trinajstić information content (AvgIpc) is 2.79. The van der Waals surface area contributed by atoms with E-state index in [-0.39, 0.29) is 12.4 Å². The molecule has 184 valence electrons.